The fraction of sp³-hybridized carbons (Fsp3) is 0.125. The minimum atomic E-state index is -0.576. The number of para-hydroxylation sites is 1. The molecule has 4 aromatic rings. The van der Waals surface area contributed by atoms with Crippen LogP contribution in [-0.2, 0) is 4.79 Å². The van der Waals surface area contributed by atoms with Gasteiger partial charge in [0.2, 0.25) is 5.91 Å². The lowest BCUT2D eigenvalue weighted by Crippen LogP contribution is -2.23. The van der Waals surface area contributed by atoms with Gasteiger partial charge >= 0.3 is 0 Å². The number of methoxy groups -OCH3 is 2. The molecule has 0 spiro atoms. The lowest BCUT2D eigenvalue weighted by molar-refractivity contribution is -0.113. The fourth-order valence-corrected chi connectivity index (χ4v) is 4.29. The minimum Gasteiger partial charge on any atom is -0.493 e. The summed E-state index contributed by atoms with van der Waals surface area (Å²) >= 11 is 6.87. The number of carbonyl (C=O) groups is 1. The van der Waals surface area contributed by atoms with Gasteiger partial charge in [-0.05, 0) is 36.4 Å². The summed E-state index contributed by atoms with van der Waals surface area (Å²) in [6.07, 6.45) is 0. The van der Waals surface area contributed by atoms with Crippen molar-refractivity contribution in [3.05, 3.63) is 81.9 Å². The molecule has 0 atom stereocenters. The zero-order valence-electron chi connectivity index (χ0n) is 18.2. The van der Waals surface area contributed by atoms with E-state index in [2.05, 4.69) is 10.3 Å². The number of hydrogen-bond donors (Lipinski definition) is 1. The summed E-state index contributed by atoms with van der Waals surface area (Å²) in [6.45, 7) is 0. The van der Waals surface area contributed by atoms with E-state index >= 15 is 0 Å². The van der Waals surface area contributed by atoms with Gasteiger partial charge in [-0.15, -0.1) is 0 Å². The molecule has 0 unspecified atom stereocenters. The van der Waals surface area contributed by atoms with Gasteiger partial charge in [0.15, 0.2) is 16.7 Å². The van der Waals surface area contributed by atoms with E-state index in [-0.39, 0.29) is 22.2 Å². The molecule has 0 aliphatic rings. The number of aromatic nitrogens is 2. The molecule has 10 heteroatoms. The number of amides is 1. The van der Waals surface area contributed by atoms with Gasteiger partial charge in [-0.1, -0.05) is 41.6 Å². The Labute approximate surface area is 203 Å². The highest BCUT2D eigenvalue weighted by atomic mass is 35.5. The van der Waals surface area contributed by atoms with Gasteiger partial charge in [-0.2, -0.15) is 0 Å². The maximum Gasteiger partial charge on any atom is 0.266 e. The molecule has 7 nitrogen and oxygen atoms in total. The second-order valence-corrected chi connectivity index (χ2v) is 8.41. The van der Waals surface area contributed by atoms with Crippen LogP contribution in [-0.4, -0.2) is 35.4 Å². The Kier molecular flexibility index (Phi) is 7.04. The van der Waals surface area contributed by atoms with Gasteiger partial charge in [0.1, 0.15) is 5.82 Å². The van der Waals surface area contributed by atoms with E-state index < -0.39 is 5.82 Å². The van der Waals surface area contributed by atoms with E-state index in [0.717, 1.165) is 11.8 Å². The molecule has 34 heavy (non-hydrogen) atoms. The molecule has 0 fully saturated rings. The number of carbonyl (C=O) groups excluding carboxylic acids is 1. The van der Waals surface area contributed by atoms with E-state index in [9.17, 15) is 14.0 Å². The van der Waals surface area contributed by atoms with E-state index in [1.54, 1.807) is 36.4 Å². The first-order valence-electron chi connectivity index (χ1n) is 10.0. The molecular formula is C24H19ClFN3O4S. The number of nitrogens with one attached hydrogen (secondary N) is 1. The molecule has 0 radical (unpaired) electrons. The summed E-state index contributed by atoms with van der Waals surface area (Å²) in [4.78, 5) is 30.7. The Hall–Kier alpha value is -3.56. The van der Waals surface area contributed by atoms with Crippen molar-refractivity contribution in [1.82, 2.24) is 9.55 Å². The Bertz CT molecular complexity index is 1430. The third-order valence-electron chi connectivity index (χ3n) is 4.89. The first kappa shape index (κ1) is 23.6. The Morgan fingerprint density at radius 3 is 2.47 bits per heavy atom. The van der Waals surface area contributed by atoms with Crippen LogP contribution in [0.3, 0.4) is 0 Å². The van der Waals surface area contributed by atoms with Crippen molar-refractivity contribution in [3.63, 3.8) is 0 Å². The highest BCUT2D eigenvalue weighted by molar-refractivity contribution is 7.99. The van der Waals surface area contributed by atoms with Crippen molar-refractivity contribution in [3.8, 4) is 17.2 Å². The molecule has 0 bridgehead atoms. The minimum absolute atomic E-state index is 0.0485. The lowest BCUT2D eigenvalue weighted by atomic mass is 10.2. The zero-order valence-corrected chi connectivity index (χ0v) is 19.7. The van der Waals surface area contributed by atoms with Crippen molar-refractivity contribution < 1.29 is 18.7 Å². The predicted octanol–water partition coefficient (Wildman–Crippen LogP) is 4.93. The molecule has 1 aromatic heterocycles. The summed E-state index contributed by atoms with van der Waals surface area (Å²) < 4.78 is 25.5. The number of nitrogens with zero attached hydrogens (tertiary/aromatic N) is 2. The number of ether oxygens (including phenoxy) is 2. The number of anilines is 1. The van der Waals surface area contributed by atoms with Crippen molar-refractivity contribution in [2.24, 2.45) is 0 Å². The average molecular weight is 500 g/mol. The molecule has 1 N–H and O–H groups in total. The summed E-state index contributed by atoms with van der Waals surface area (Å²) in [5.41, 5.74) is 1.05. The zero-order chi connectivity index (χ0) is 24.2. The predicted molar refractivity (Wildman–Crippen MR) is 131 cm³/mol. The van der Waals surface area contributed by atoms with Crippen molar-refractivity contribution in [2.45, 2.75) is 5.16 Å². The first-order valence-corrected chi connectivity index (χ1v) is 11.4. The summed E-state index contributed by atoms with van der Waals surface area (Å²) in [5.74, 6) is -0.151. The van der Waals surface area contributed by atoms with Gasteiger partial charge in [-0.3, -0.25) is 14.2 Å². The first-order chi connectivity index (χ1) is 16.4. The van der Waals surface area contributed by atoms with Crippen LogP contribution in [0.15, 0.2) is 70.6 Å². The van der Waals surface area contributed by atoms with Gasteiger partial charge in [-0.25, -0.2) is 9.37 Å². The lowest BCUT2D eigenvalue weighted by Gasteiger charge is -2.15. The Morgan fingerprint density at radius 1 is 1.09 bits per heavy atom. The second kappa shape index (κ2) is 10.1. The van der Waals surface area contributed by atoms with E-state index in [4.69, 9.17) is 21.1 Å². The number of halogens is 2. The molecule has 0 aliphatic carbocycles. The normalized spacial score (nSPS) is 10.8. The van der Waals surface area contributed by atoms with Gasteiger partial charge in [0.25, 0.3) is 5.56 Å². The topological polar surface area (TPSA) is 82.5 Å². The Morgan fingerprint density at radius 2 is 1.79 bits per heavy atom. The number of benzene rings is 3. The van der Waals surface area contributed by atoms with Crippen LogP contribution in [0.4, 0.5) is 10.1 Å². The highest BCUT2D eigenvalue weighted by Gasteiger charge is 2.18. The van der Waals surface area contributed by atoms with Crippen LogP contribution in [0.1, 0.15) is 0 Å². The average Bonchev–Trinajstić information content (AvgIpc) is 2.85. The quantitative estimate of drug-likeness (QED) is 0.287. The van der Waals surface area contributed by atoms with Crippen LogP contribution in [0, 0.1) is 5.82 Å². The van der Waals surface area contributed by atoms with Crippen LogP contribution in [0.5, 0.6) is 11.5 Å². The summed E-state index contributed by atoms with van der Waals surface area (Å²) in [6, 6.07) is 16.1. The van der Waals surface area contributed by atoms with Crippen LogP contribution >= 0.6 is 23.4 Å². The third-order valence-corrected chi connectivity index (χ3v) is 6.12. The molecule has 1 amide bonds. The number of hydrogen-bond acceptors (Lipinski definition) is 6. The highest BCUT2D eigenvalue weighted by Crippen LogP contribution is 2.31. The summed E-state index contributed by atoms with van der Waals surface area (Å²) in [7, 11) is 2.99. The maximum atomic E-state index is 13.5. The maximum absolute atomic E-state index is 13.5. The smallest absolute Gasteiger partial charge is 0.266 e. The second-order valence-electron chi connectivity index (χ2n) is 7.06. The SMILES string of the molecule is COc1cc2nc(SCC(=O)Nc3ccc(F)c(Cl)c3)n(-c3ccccc3)c(=O)c2cc1OC. The number of fused-ring (bicyclic) bond motifs is 1. The van der Waals surface area contributed by atoms with Crippen molar-refractivity contribution in [1.29, 1.82) is 0 Å². The molecule has 0 aliphatic heterocycles. The van der Waals surface area contributed by atoms with Crippen LogP contribution in [0.2, 0.25) is 5.02 Å². The molecule has 0 saturated carbocycles. The molecule has 174 valence electrons. The monoisotopic (exact) mass is 499 g/mol. The molecule has 0 saturated heterocycles. The summed E-state index contributed by atoms with van der Waals surface area (Å²) in [5, 5.41) is 3.23. The van der Waals surface area contributed by atoms with Crippen molar-refractivity contribution >= 4 is 45.9 Å². The third kappa shape index (κ3) is 4.85. The standard InChI is InChI=1S/C24H19ClFN3O4S/c1-32-20-11-16-19(12-21(20)33-2)28-24(29(23(16)31)15-6-4-3-5-7-15)34-13-22(30)27-14-8-9-18(26)17(25)10-14/h3-12H,13H2,1-2H3,(H,27,30). The van der Waals surface area contributed by atoms with Crippen LogP contribution in [0.25, 0.3) is 16.6 Å². The van der Waals surface area contributed by atoms with E-state index in [1.165, 1.54) is 37.0 Å². The Balaban J connectivity index is 1.72. The molecule has 3 aromatic carbocycles. The fourth-order valence-electron chi connectivity index (χ4n) is 3.30. The van der Waals surface area contributed by atoms with Gasteiger partial charge < -0.3 is 14.8 Å². The number of thioether (sulfide) groups is 1. The number of rotatable bonds is 7. The van der Waals surface area contributed by atoms with Gasteiger partial charge in [0, 0.05) is 11.8 Å². The van der Waals surface area contributed by atoms with Gasteiger partial charge in [0.05, 0.1) is 41.6 Å². The molecular weight excluding hydrogens is 481 g/mol. The molecule has 4 rings (SSSR count). The molecule has 1 heterocycles. The van der Waals surface area contributed by atoms with E-state index in [0.29, 0.717) is 38.9 Å². The van der Waals surface area contributed by atoms with Crippen molar-refractivity contribution in [2.75, 3.05) is 25.3 Å². The van der Waals surface area contributed by atoms with E-state index in [1.807, 2.05) is 6.07 Å². The largest absolute Gasteiger partial charge is 0.493 e. The van der Waals surface area contributed by atoms with Crippen LogP contribution < -0.4 is 20.3 Å².